The number of nitrogens with one attached hydrogen (secondary N) is 1. The van der Waals surface area contributed by atoms with Crippen molar-refractivity contribution >= 4 is 32.5 Å². The normalized spacial score (nSPS) is 11.5. The molecule has 0 aliphatic heterocycles. The Labute approximate surface area is 141 Å². The first-order valence-corrected chi connectivity index (χ1v) is 8.46. The second kappa shape index (κ2) is 6.23. The summed E-state index contributed by atoms with van der Waals surface area (Å²) in [6.07, 6.45) is 0. The van der Waals surface area contributed by atoms with Crippen LogP contribution in [0.2, 0.25) is 0 Å². The van der Waals surface area contributed by atoms with E-state index in [1.54, 1.807) is 18.2 Å². The third kappa shape index (κ3) is 3.65. The van der Waals surface area contributed by atoms with Crippen molar-refractivity contribution in [3.8, 4) is 0 Å². The van der Waals surface area contributed by atoms with Crippen molar-refractivity contribution in [3.05, 3.63) is 71.8 Å². The maximum atomic E-state index is 13.2. The fraction of sp³-hybridized carbons (Fsp3) is 0. The van der Waals surface area contributed by atoms with E-state index in [0.29, 0.717) is 11.5 Å². The third-order valence-electron chi connectivity index (χ3n) is 3.48. The molecule has 0 bridgehead atoms. The number of hydrogen-bond acceptors (Lipinski definition) is 3. The smallest absolute Gasteiger partial charge is 0.295 e. The molecule has 2 N–H and O–H groups in total. The van der Waals surface area contributed by atoms with Gasteiger partial charge in [-0.15, -0.1) is 0 Å². The van der Waals surface area contributed by atoms with Crippen molar-refractivity contribution in [2.75, 3.05) is 5.32 Å². The number of anilines is 1. The molecule has 0 saturated heterocycles. The van der Waals surface area contributed by atoms with E-state index in [4.69, 9.17) is 0 Å². The van der Waals surface area contributed by atoms with E-state index in [1.807, 2.05) is 0 Å². The SMILES string of the molecule is O=C(Nc1cc(S(=O)(=O)O)c2ccccc2c1)c1cc(F)cc(F)c1. The Balaban J connectivity index is 2.06. The Kier molecular flexibility index (Phi) is 4.23. The fourth-order valence-electron chi connectivity index (χ4n) is 2.45. The predicted octanol–water partition coefficient (Wildman–Crippen LogP) is 3.62. The lowest BCUT2D eigenvalue weighted by Gasteiger charge is -2.10. The summed E-state index contributed by atoms with van der Waals surface area (Å²) in [6, 6.07) is 11.3. The molecular formula is C17H11F2NO4S. The van der Waals surface area contributed by atoms with Gasteiger partial charge in [0.1, 0.15) is 16.5 Å². The molecule has 25 heavy (non-hydrogen) atoms. The molecule has 0 aliphatic rings. The summed E-state index contributed by atoms with van der Waals surface area (Å²) >= 11 is 0. The van der Waals surface area contributed by atoms with Crippen LogP contribution in [0.15, 0.2) is 59.5 Å². The van der Waals surface area contributed by atoms with Crippen LogP contribution in [-0.4, -0.2) is 18.9 Å². The van der Waals surface area contributed by atoms with Crippen LogP contribution >= 0.6 is 0 Å². The summed E-state index contributed by atoms with van der Waals surface area (Å²) in [6.45, 7) is 0. The average Bonchev–Trinajstić information content (AvgIpc) is 2.52. The summed E-state index contributed by atoms with van der Waals surface area (Å²) in [5.74, 6) is -2.65. The number of rotatable bonds is 3. The molecule has 0 saturated carbocycles. The van der Waals surface area contributed by atoms with Gasteiger partial charge in [-0.25, -0.2) is 8.78 Å². The van der Waals surface area contributed by atoms with Gasteiger partial charge < -0.3 is 5.32 Å². The first-order valence-electron chi connectivity index (χ1n) is 7.02. The summed E-state index contributed by atoms with van der Waals surface area (Å²) in [4.78, 5) is 11.8. The molecule has 3 aromatic carbocycles. The van der Waals surface area contributed by atoms with Crippen molar-refractivity contribution in [3.63, 3.8) is 0 Å². The zero-order valence-electron chi connectivity index (χ0n) is 12.5. The van der Waals surface area contributed by atoms with Gasteiger partial charge in [0.2, 0.25) is 0 Å². The summed E-state index contributed by atoms with van der Waals surface area (Å²) in [7, 11) is -4.54. The maximum absolute atomic E-state index is 13.2. The Hall–Kier alpha value is -2.84. The maximum Gasteiger partial charge on any atom is 0.295 e. The number of fused-ring (bicyclic) bond motifs is 1. The molecule has 5 nitrogen and oxygen atoms in total. The highest BCUT2D eigenvalue weighted by Gasteiger charge is 2.17. The van der Waals surface area contributed by atoms with Crippen LogP contribution in [0.1, 0.15) is 10.4 Å². The van der Waals surface area contributed by atoms with Gasteiger partial charge in [-0.1, -0.05) is 24.3 Å². The van der Waals surface area contributed by atoms with E-state index in [0.717, 1.165) is 18.2 Å². The van der Waals surface area contributed by atoms with Crippen LogP contribution in [-0.2, 0) is 10.1 Å². The molecule has 0 heterocycles. The predicted molar refractivity (Wildman–Crippen MR) is 88.1 cm³/mol. The lowest BCUT2D eigenvalue weighted by Crippen LogP contribution is -2.13. The Bertz CT molecular complexity index is 1080. The summed E-state index contributed by atoms with van der Waals surface area (Å²) in [5.41, 5.74) is -0.208. The Morgan fingerprint density at radius 2 is 1.60 bits per heavy atom. The zero-order valence-corrected chi connectivity index (χ0v) is 13.3. The number of benzene rings is 3. The van der Waals surface area contributed by atoms with Crippen LogP contribution < -0.4 is 5.32 Å². The second-order valence-electron chi connectivity index (χ2n) is 5.28. The van der Waals surface area contributed by atoms with Crippen molar-refractivity contribution < 1.29 is 26.5 Å². The molecule has 3 aromatic rings. The molecular weight excluding hydrogens is 352 g/mol. The monoisotopic (exact) mass is 363 g/mol. The quantitative estimate of drug-likeness (QED) is 0.696. The van der Waals surface area contributed by atoms with Crippen molar-refractivity contribution in [2.24, 2.45) is 0 Å². The molecule has 128 valence electrons. The molecule has 0 radical (unpaired) electrons. The Morgan fingerprint density at radius 3 is 2.24 bits per heavy atom. The highest BCUT2D eigenvalue weighted by Crippen LogP contribution is 2.27. The van der Waals surface area contributed by atoms with Crippen LogP contribution in [0.5, 0.6) is 0 Å². The lowest BCUT2D eigenvalue weighted by molar-refractivity contribution is 0.102. The van der Waals surface area contributed by atoms with Crippen LogP contribution in [0.4, 0.5) is 14.5 Å². The van der Waals surface area contributed by atoms with Crippen LogP contribution in [0.25, 0.3) is 10.8 Å². The first kappa shape index (κ1) is 17.0. The van der Waals surface area contributed by atoms with E-state index in [2.05, 4.69) is 5.32 Å². The molecule has 0 aliphatic carbocycles. The number of carbonyl (C=O) groups is 1. The fourth-order valence-corrected chi connectivity index (χ4v) is 3.19. The topological polar surface area (TPSA) is 83.5 Å². The van der Waals surface area contributed by atoms with Gasteiger partial charge in [0.15, 0.2) is 0 Å². The molecule has 1 amide bonds. The lowest BCUT2D eigenvalue weighted by atomic mass is 10.1. The van der Waals surface area contributed by atoms with Crippen molar-refractivity contribution in [1.82, 2.24) is 0 Å². The average molecular weight is 363 g/mol. The highest BCUT2D eigenvalue weighted by atomic mass is 32.2. The minimum Gasteiger partial charge on any atom is -0.322 e. The van der Waals surface area contributed by atoms with Gasteiger partial charge >= 0.3 is 0 Å². The van der Waals surface area contributed by atoms with Gasteiger partial charge in [-0.2, -0.15) is 8.42 Å². The summed E-state index contributed by atoms with van der Waals surface area (Å²) < 4.78 is 59.0. The van der Waals surface area contributed by atoms with Crippen molar-refractivity contribution in [2.45, 2.75) is 4.90 Å². The third-order valence-corrected chi connectivity index (χ3v) is 4.38. The largest absolute Gasteiger partial charge is 0.322 e. The molecule has 0 atom stereocenters. The van der Waals surface area contributed by atoms with Crippen LogP contribution in [0.3, 0.4) is 0 Å². The van der Waals surface area contributed by atoms with E-state index in [-0.39, 0.29) is 21.5 Å². The minimum atomic E-state index is -4.54. The van der Waals surface area contributed by atoms with E-state index in [1.165, 1.54) is 12.1 Å². The molecule has 0 spiro atoms. The zero-order chi connectivity index (χ0) is 18.2. The van der Waals surface area contributed by atoms with Gasteiger partial charge in [-0.05, 0) is 29.7 Å². The first-order chi connectivity index (χ1) is 11.7. The van der Waals surface area contributed by atoms with Gasteiger partial charge in [0.05, 0.1) is 0 Å². The van der Waals surface area contributed by atoms with Crippen molar-refractivity contribution in [1.29, 1.82) is 0 Å². The number of carbonyl (C=O) groups excluding carboxylic acids is 1. The number of amides is 1. The molecule has 8 heteroatoms. The molecule has 3 rings (SSSR count). The standard InChI is InChI=1S/C17H11F2NO4S/c18-12-5-11(6-13(19)8-12)17(21)20-14-7-10-3-1-2-4-15(10)16(9-14)25(22,23)24/h1-9H,(H,20,21)(H,22,23,24). The van der Waals surface area contributed by atoms with Gasteiger partial charge in [0, 0.05) is 22.7 Å². The van der Waals surface area contributed by atoms with E-state index < -0.39 is 27.7 Å². The van der Waals surface area contributed by atoms with E-state index in [9.17, 15) is 26.5 Å². The van der Waals surface area contributed by atoms with Gasteiger partial charge in [-0.3, -0.25) is 9.35 Å². The van der Waals surface area contributed by atoms with Crippen LogP contribution in [0, 0.1) is 11.6 Å². The summed E-state index contributed by atoms with van der Waals surface area (Å²) in [5, 5.41) is 3.10. The molecule has 0 fully saturated rings. The number of halogens is 2. The second-order valence-corrected chi connectivity index (χ2v) is 6.67. The molecule has 0 aromatic heterocycles. The molecule has 0 unspecified atom stereocenters. The van der Waals surface area contributed by atoms with E-state index >= 15 is 0 Å². The Morgan fingerprint density at radius 1 is 0.960 bits per heavy atom. The highest BCUT2D eigenvalue weighted by molar-refractivity contribution is 7.86. The number of hydrogen-bond donors (Lipinski definition) is 2. The minimum absolute atomic E-state index is 0.0565. The van der Waals surface area contributed by atoms with Gasteiger partial charge in [0.25, 0.3) is 16.0 Å².